The van der Waals surface area contributed by atoms with Crippen molar-refractivity contribution in [3.8, 4) is 5.75 Å². The van der Waals surface area contributed by atoms with Crippen LogP contribution in [0.25, 0.3) is 10.9 Å². The molecule has 4 aromatic rings. The molecule has 1 aromatic heterocycles. The molecule has 0 radical (unpaired) electrons. The van der Waals surface area contributed by atoms with E-state index in [2.05, 4.69) is 55.8 Å². The highest BCUT2D eigenvalue weighted by Gasteiger charge is 2.21. The van der Waals surface area contributed by atoms with Gasteiger partial charge < -0.3 is 19.4 Å². The third-order valence-corrected chi connectivity index (χ3v) is 8.08. The van der Waals surface area contributed by atoms with Crippen molar-refractivity contribution in [3.63, 3.8) is 0 Å². The van der Waals surface area contributed by atoms with Crippen LogP contribution in [0.2, 0.25) is 5.02 Å². The van der Waals surface area contributed by atoms with Crippen LogP contribution in [0.4, 0.5) is 0 Å². The van der Waals surface area contributed by atoms with E-state index in [4.69, 9.17) is 21.1 Å². The molecule has 0 fully saturated rings. The van der Waals surface area contributed by atoms with E-state index in [0.717, 1.165) is 33.3 Å². The molecule has 0 aliphatic heterocycles. The quantitative estimate of drug-likeness (QED) is 0.195. The monoisotopic (exact) mass is 574 g/mol. The van der Waals surface area contributed by atoms with Crippen molar-refractivity contribution in [2.75, 3.05) is 7.11 Å². The van der Waals surface area contributed by atoms with Gasteiger partial charge in [-0.1, -0.05) is 62.7 Å². The number of halogens is 1. The van der Waals surface area contributed by atoms with Crippen molar-refractivity contribution < 1.29 is 19.1 Å². The van der Waals surface area contributed by atoms with E-state index in [1.54, 1.807) is 6.07 Å². The Labute approximate surface area is 247 Å². The first-order valence-electron chi connectivity index (χ1n) is 14.1. The number of aryl methyl sites for hydroxylation is 1. The number of carbonyl (C=O) groups excluding carboxylic acids is 2. The smallest absolute Gasteiger partial charge is 0.347 e. The average Bonchev–Trinajstić information content (AvgIpc) is 3.20. The number of amides is 1. The molecular weight excluding hydrogens is 536 g/mol. The Morgan fingerprint density at radius 1 is 0.976 bits per heavy atom. The number of ether oxygens (including phenoxy) is 2. The number of fused-ring (bicyclic) bond motifs is 1. The molecule has 7 heteroatoms. The van der Waals surface area contributed by atoms with Gasteiger partial charge in [0.15, 0.2) is 6.10 Å². The lowest BCUT2D eigenvalue weighted by Gasteiger charge is -2.17. The van der Waals surface area contributed by atoms with Gasteiger partial charge in [-0.25, -0.2) is 4.79 Å². The van der Waals surface area contributed by atoms with Crippen LogP contribution < -0.4 is 10.1 Å². The molecule has 1 heterocycles. The first-order valence-corrected chi connectivity index (χ1v) is 14.4. The zero-order valence-corrected chi connectivity index (χ0v) is 25.6. The van der Waals surface area contributed by atoms with Crippen LogP contribution >= 0.6 is 11.6 Å². The molecule has 1 N–H and O–H groups in total. The Morgan fingerprint density at radius 2 is 1.71 bits per heavy atom. The third-order valence-electron chi connectivity index (χ3n) is 7.77. The zero-order valence-electron chi connectivity index (χ0n) is 24.9. The van der Waals surface area contributed by atoms with Gasteiger partial charge in [0.05, 0.1) is 18.2 Å². The topological polar surface area (TPSA) is 69.6 Å². The van der Waals surface area contributed by atoms with Gasteiger partial charge >= 0.3 is 5.97 Å². The van der Waals surface area contributed by atoms with Crippen molar-refractivity contribution in [1.82, 2.24) is 9.88 Å². The van der Waals surface area contributed by atoms with Crippen molar-refractivity contribution in [1.29, 1.82) is 0 Å². The number of hydrogen-bond donors (Lipinski definition) is 1. The molecule has 0 saturated carbocycles. The Bertz CT molecular complexity index is 1570. The normalized spacial score (nSPS) is 12.8. The van der Waals surface area contributed by atoms with Crippen molar-refractivity contribution in [2.24, 2.45) is 0 Å². The molecule has 41 heavy (non-hydrogen) atoms. The molecule has 4 rings (SSSR count). The maximum Gasteiger partial charge on any atom is 0.347 e. The van der Waals surface area contributed by atoms with E-state index in [1.807, 2.05) is 50.2 Å². The Hall–Kier alpha value is -3.77. The van der Waals surface area contributed by atoms with E-state index in [9.17, 15) is 9.59 Å². The molecule has 0 aliphatic rings. The maximum absolute atomic E-state index is 13.3. The molecule has 2 atom stereocenters. The minimum Gasteiger partial charge on any atom is -0.477 e. The summed E-state index contributed by atoms with van der Waals surface area (Å²) >= 11 is 6.40. The zero-order chi connectivity index (χ0) is 29.8. The molecule has 0 saturated heterocycles. The highest BCUT2D eigenvalue weighted by molar-refractivity contribution is 6.32. The second-order valence-corrected chi connectivity index (χ2v) is 11.3. The summed E-state index contributed by atoms with van der Waals surface area (Å²) in [4.78, 5) is 25.3. The molecular formula is C34H39ClN2O4. The van der Waals surface area contributed by atoms with Crippen molar-refractivity contribution in [3.05, 3.63) is 99.2 Å². The molecule has 1 amide bonds. The first kappa shape index (κ1) is 30.2. The average molecular weight is 575 g/mol. The fourth-order valence-electron chi connectivity index (χ4n) is 5.05. The Morgan fingerprint density at radius 3 is 2.39 bits per heavy atom. The predicted octanol–water partition coefficient (Wildman–Crippen LogP) is 7.90. The van der Waals surface area contributed by atoms with E-state index in [0.29, 0.717) is 35.2 Å². The highest BCUT2D eigenvalue weighted by atomic mass is 35.5. The number of benzene rings is 3. The number of hydrogen-bond acceptors (Lipinski definition) is 4. The fraction of sp³-hybridized carbons (Fsp3) is 0.353. The summed E-state index contributed by atoms with van der Waals surface area (Å²) < 4.78 is 13.0. The minimum atomic E-state index is -0.726. The summed E-state index contributed by atoms with van der Waals surface area (Å²) in [6.45, 7) is 12.9. The van der Waals surface area contributed by atoms with Crippen molar-refractivity contribution >= 4 is 34.4 Å². The largest absolute Gasteiger partial charge is 0.477 e. The van der Waals surface area contributed by atoms with Crippen LogP contribution in [-0.2, 0) is 16.1 Å². The predicted molar refractivity (Wildman–Crippen MR) is 165 cm³/mol. The van der Waals surface area contributed by atoms with Gasteiger partial charge in [0.25, 0.3) is 5.91 Å². The van der Waals surface area contributed by atoms with Crippen LogP contribution in [0, 0.1) is 13.8 Å². The van der Waals surface area contributed by atoms with E-state index >= 15 is 0 Å². The summed E-state index contributed by atoms with van der Waals surface area (Å²) in [5.41, 5.74) is 7.21. The van der Waals surface area contributed by atoms with Crippen LogP contribution in [0.1, 0.15) is 84.4 Å². The fourth-order valence-corrected chi connectivity index (χ4v) is 5.21. The number of nitrogens with one attached hydrogen (secondary N) is 1. The molecule has 216 valence electrons. The molecule has 0 bridgehead atoms. The van der Waals surface area contributed by atoms with Gasteiger partial charge in [-0.15, -0.1) is 0 Å². The summed E-state index contributed by atoms with van der Waals surface area (Å²) in [5.74, 6) is 0.333. The van der Waals surface area contributed by atoms with E-state index in [-0.39, 0.29) is 11.9 Å². The standard InChI is InChI=1S/C34H39ClN2O4/c1-8-31(34(39)40-7)41-32-16-24(12-14-29(32)35)19-37-23(6)21(4)28-18-27(13-15-30(28)37)33(38)36-22(5)26-11-9-10-25(17-26)20(2)3/h9-18,20,22,31H,8,19H2,1-7H3,(H,36,38)/t22-,31?/m0/s1. The summed E-state index contributed by atoms with van der Waals surface area (Å²) in [5, 5.41) is 4.63. The van der Waals surface area contributed by atoms with Gasteiger partial charge in [-0.05, 0) is 85.7 Å². The lowest BCUT2D eigenvalue weighted by Crippen LogP contribution is -2.27. The number of aromatic nitrogens is 1. The molecule has 0 spiro atoms. The summed E-state index contributed by atoms with van der Waals surface area (Å²) in [6, 6.07) is 19.7. The van der Waals surface area contributed by atoms with Gasteiger partial charge in [0.2, 0.25) is 0 Å². The second kappa shape index (κ2) is 12.8. The maximum atomic E-state index is 13.3. The van der Waals surface area contributed by atoms with Gasteiger partial charge in [0, 0.05) is 28.7 Å². The lowest BCUT2D eigenvalue weighted by atomic mass is 9.98. The summed E-state index contributed by atoms with van der Waals surface area (Å²) in [7, 11) is 1.34. The van der Waals surface area contributed by atoms with Gasteiger partial charge in [-0.2, -0.15) is 0 Å². The molecule has 0 aliphatic carbocycles. The van der Waals surface area contributed by atoms with Crippen LogP contribution in [-0.4, -0.2) is 29.7 Å². The van der Waals surface area contributed by atoms with Crippen LogP contribution in [0.3, 0.4) is 0 Å². The van der Waals surface area contributed by atoms with Gasteiger partial charge in [-0.3, -0.25) is 4.79 Å². The molecule has 6 nitrogen and oxygen atoms in total. The number of methoxy groups -OCH3 is 1. The number of nitrogens with zero attached hydrogens (tertiary/aromatic N) is 1. The molecule has 3 aromatic carbocycles. The van der Waals surface area contributed by atoms with E-state index < -0.39 is 12.1 Å². The third kappa shape index (κ3) is 6.59. The van der Waals surface area contributed by atoms with Crippen LogP contribution in [0.15, 0.2) is 60.7 Å². The second-order valence-electron chi connectivity index (χ2n) is 10.9. The first-order chi connectivity index (χ1) is 19.5. The lowest BCUT2D eigenvalue weighted by molar-refractivity contribution is -0.148. The Balaban J connectivity index is 1.57. The van der Waals surface area contributed by atoms with E-state index in [1.165, 1.54) is 12.7 Å². The molecule has 1 unspecified atom stereocenters. The number of esters is 1. The summed E-state index contributed by atoms with van der Waals surface area (Å²) in [6.07, 6.45) is -0.261. The Kier molecular flexibility index (Phi) is 9.44. The minimum absolute atomic E-state index is 0.102. The number of carbonyl (C=O) groups is 2. The number of rotatable bonds is 10. The highest BCUT2D eigenvalue weighted by Crippen LogP contribution is 2.31. The van der Waals surface area contributed by atoms with Gasteiger partial charge in [0.1, 0.15) is 5.75 Å². The van der Waals surface area contributed by atoms with Crippen molar-refractivity contribution in [2.45, 2.75) is 72.6 Å². The van der Waals surface area contributed by atoms with Crippen LogP contribution in [0.5, 0.6) is 5.75 Å². The SMILES string of the molecule is CCC(Oc1cc(Cn2c(C)c(C)c3cc(C(=O)N[C@@H](C)c4cccc(C(C)C)c4)ccc32)ccc1Cl)C(=O)OC.